The van der Waals surface area contributed by atoms with Gasteiger partial charge in [-0.15, -0.1) is 11.8 Å². The molecule has 2 N–H and O–H groups in total. The molecule has 2 rings (SSSR count). The van der Waals surface area contributed by atoms with Gasteiger partial charge in [0.05, 0.1) is 6.10 Å². The summed E-state index contributed by atoms with van der Waals surface area (Å²) in [5, 5.41) is 0. The number of nitrogens with zero attached hydrogens (tertiary/aromatic N) is 1. The second kappa shape index (κ2) is 9.40. The van der Waals surface area contributed by atoms with Crippen LogP contribution in [0, 0.1) is 0 Å². The maximum atomic E-state index is 5.83. The van der Waals surface area contributed by atoms with E-state index in [0.717, 1.165) is 19.6 Å². The van der Waals surface area contributed by atoms with E-state index in [0.29, 0.717) is 6.10 Å². The quantitative estimate of drug-likeness (QED) is 0.591. The molecule has 0 aromatic heterocycles. The number of rotatable bonds is 8. The second-order valence-corrected chi connectivity index (χ2v) is 6.38. The third-order valence-corrected chi connectivity index (χ3v) is 4.65. The molecule has 1 fully saturated rings. The van der Waals surface area contributed by atoms with E-state index in [2.05, 4.69) is 35.2 Å². The van der Waals surface area contributed by atoms with E-state index in [1.165, 1.54) is 43.1 Å². The van der Waals surface area contributed by atoms with Crippen molar-refractivity contribution in [1.82, 2.24) is 4.90 Å². The molecule has 0 bridgehead atoms. The lowest BCUT2D eigenvalue weighted by Crippen LogP contribution is -2.38. The number of thioether (sulfide) groups is 1. The summed E-state index contributed by atoms with van der Waals surface area (Å²) < 4.78 is 5.83. The Morgan fingerprint density at radius 3 is 2.65 bits per heavy atom. The minimum Gasteiger partial charge on any atom is -0.378 e. The van der Waals surface area contributed by atoms with Crippen LogP contribution in [0.15, 0.2) is 35.2 Å². The first kappa shape index (κ1) is 15.8. The maximum absolute atomic E-state index is 5.83. The topological polar surface area (TPSA) is 38.5 Å². The molecule has 4 heteroatoms. The first-order valence-corrected chi connectivity index (χ1v) is 8.59. The number of benzene rings is 1. The lowest BCUT2D eigenvalue weighted by atomic mass is 10.1. The van der Waals surface area contributed by atoms with E-state index in [9.17, 15) is 0 Å². The lowest BCUT2D eigenvalue weighted by molar-refractivity contribution is 0.00855. The molecule has 0 spiro atoms. The number of nitrogens with two attached hydrogens (primary N) is 1. The van der Waals surface area contributed by atoms with Gasteiger partial charge in [-0.05, 0) is 37.9 Å². The van der Waals surface area contributed by atoms with Gasteiger partial charge in [-0.25, -0.2) is 0 Å². The van der Waals surface area contributed by atoms with Gasteiger partial charge in [0.15, 0.2) is 0 Å². The molecule has 112 valence electrons. The lowest BCUT2D eigenvalue weighted by Gasteiger charge is -2.31. The molecule has 3 nitrogen and oxygen atoms in total. The third kappa shape index (κ3) is 5.83. The average Bonchev–Trinajstić information content (AvgIpc) is 2.50. The van der Waals surface area contributed by atoms with Gasteiger partial charge in [0.2, 0.25) is 0 Å². The van der Waals surface area contributed by atoms with Crippen molar-refractivity contribution in [3.05, 3.63) is 30.3 Å². The van der Waals surface area contributed by atoms with Gasteiger partial charge in [-0.1, -0.05) is 18.2 Å². The predicted octanol–water partition coefficient (Wildman–Crippen LogP) is 2.61. The Morgan fingerprint density at radius 2 is 1.95 bits per heavy atom. The molecule has 0 aliphatic carbocycles. The van der Waals surface area contributed by atoms with E-state index >= 15 is 0 Å². The summed E-state index contributed by atoms with van der Waals surface area (Å²) in [5.74, 6) is 1.17. The number of hydrogen-bond acceptors (Lipinski definition) is 4. The Morgan fingerprint density at radius 1 is 1.20 bits per heavy atom. The van der Waals surface area contributed by atoms with E-state index in [1.54, 1.807) is 0 Å². The molecule has 1 aliphatic heterocycles. The van der Waals surface area contributed by atoms with Gasteiger partial charge in [0, 0.05) is 36.9 Å². The highest BCUT2D eigenvalue weighted by Crippen LogP contribution is 2.19. The van der Waals surface area contributed by atoms with Crippen LogP contribution in [-0.4, -0.2) is 49.5 Å². The summed E-state index contributed by atoms with van der Waals surface area (Å²) >= 11 is 1.94. The molecule has 0 unspecified atom stereocenters. The maximum Gasteiger partial charge on any atom is 0.0599 e. The number of ether oxygens (including phenoxy) is 1. The normalized spacial score (nSPS) is 17.4. The molecular weight excluding hydrogens is 268 g/mol. The molecule has 1 aliphatic rings. The van der Waals surface area contributed by atoms with Gasteiger partial charge in [-0.2, -0.15) is 0 Å². The molecule has 0 radical (unpaired) electrons. The van der Waals surface area contributed by atoms with E-state index in [1.807, 2.05) is 11.8 Å². The van der Waals surface area contributed by atoms with Crippen molar-refractivity contribution < 1.29 is 4.74 Å². The SMILES string of the molecule is NCCCOC1CCN(CCSc2ccccc2)CC1. The van der Waals surface area contributed by atoms with E-state index in [4.69, 9.17) is 10.5 Å². The van der Waals surface area contributed by atoms with Gasteiger partial charge >= 0.3 is 0 Å². The van der Waals surface area contributed by atoms with Gasteiger partial charge < -0.3 is 15.4 Å². The van der Waals surface area contributed by atoms with Crippen molar-refractivity contribution >= 4 is 11.8 Å². The number of likely N-dealkylation sites (tertiary alicyclic amines) is 1. The summed E-state index contributed by atoms with van der Waals surface area (Å²) in [6.07, 6.45) is 3.77. The molecule has 1 saturated heterocycles. The van der Waals surface area contributed by atoms with Crippen LogP contribution in [0.5, 0.6) is 0 Å². The highest BCUT2D eigenvalue weighted by molar-refractivity contribution is 7.99. The monoisotopic (exact) mass is 294 g/mol. The zero-order valence-corrected chi connectivity index (χ0v) is 13.0. The predicted molar refractivity (Wildman–Crippen MR) is 86.3 cm³/mol. The molecular formula is C16H26N2OS. The van der Waals surface area contributed by atoms with Crippen molar-refractivity contribution in [2.45, 2.75) is 30.3 Å². The zero-order chi connectivity index (χ0) is 14.0. The average molecular weight is 294 g/mol. The molecule has 20 heavy (non-hydrogen) atoms. The van der Waals surface area contributed by atoms with Crippen LogP contribution in [0.1, 0.15) is 19.3 Å². The molecule has 1 heterocycles. The van der Waals surface area contributed by atoms with Crippen LogP contribution in [0.2, 0.25) is 0 Å². The van der Waals surface area contributed by atoms with Crippen molar-refractivity contribution in [2.75, 3.05) is 38.5 Å². The second-order valence-electron chi connectivity index (χ2n) is 5.22. The van der Waals surface area contributed by atoms with Crippen LogP contribution >= 0.6 is 11.8 Å². The smallest absolute Gasteiger partial charge is 0.0599 e. The Hall–Kier alpha value is -0.550. The fraction of sp³-hybridized carbons (Fsp3) is 0.625. The summed E-state index contributed by atoms with van der Waals surface area (Å²) in [5.41, 5.74) is 5.48. The van der Waals surface area contributed by atoms with Crippen LogP contribution < -0.4 is 5.73 Å². The summed E-state index contributed by atoms with van der Waals surface area (Å²) in [6, 6.07) is 10.6. The Labute approximate surface area is 126 Å². The van der Waals surface area contributed by atoms with Crippen molar-refractivity contribution in [3.8, 4) is 0 Å². The Bertz CT molecular complexity index is 353. The van der Waals surface area contributed by atoms with Crippen LogP contribution in [-0.2, 0) is 4.74 Å². The van der Waals surface area contributed by atoms with Gasteiger partial charge in [0.1, 0.15) is 0 Å². The molecule has 1 aromatic rings. The fourth-order valence-electron chi connectivity index (χ4n) is 2.44. The molecule has 0 saturated carbocycles. The van der Waals surface area contributed by atoms with Gasteiger partial charge in [-0.3, -0.25) is 0 Å². The number of hydrogen-bond donors (Lipinski definition) is 1. The third-order valence-electron chi connectivity index (χ3n) is 3.66. The van der Waals surface area contributed by atoms with Crippen LogP contribution in [0.25, 0.3) is 0 Å². The van der Waals surface area contributed by atoms with Gasteiger partial charge in [0.25, 0.3) is 0 Å². The highest BCUT2D eigenvalue weighted by atomic mass is 32.2. The van der Waals surface area contributed by atoms with Crippen molar-refractivity contribution in [2.24, 2.45) is 5.73 Å². The van der Waals surface area contributed by atoms with Crippen molar-refractivity contribution in [1.29, 1.82) is 0 Å². The van der Waals surface area contributed by atoms with Crippen molar-refractivity contribution in [3.63, 3.8) is 0 Å². The summed E-state index contributed by atoms with van der Waals surface area (Å²) in [7, 11) is 0. The first-order chi connectivity index (χ1) is 9.88. The zero-order valence-electron chi connectivity index (χ0n) is 12.2. The highest BCUT2D eigenvalue weighted by Gasteiger charge is 2.18. The largest absolute Gasteiger partial charge is 0.378 e. The molecule has 0 atom stereocenters. The Balaban J connectivity index is 1.55. The number of piperidine rings is 1. The Kier molecular flexibility index (Phi) is 7.44. The van der Waals surface area contributed by atoms with Crippen LogP contribution in [0.3, 0.4) is 0 Å². The molecule has 0 amide bonds. The van der Waals surface area contributed by atoms with E-state index in [-0.39, 0.29) is 0 Å². The fourth-order valence-corrected chi connectivity index (χ4v) is 3.38. The minimum atomic E-state index is 0.458. The summed E-state index contributed by atoms with van der Waals surface area (Å²) in [4.78, 5) is 3.92. The van der Waals surface area contributed by atoms with E-state index < -0.39 is 0 Å². The standard InChI is InChI=1S/C16H26N2OS/c17-9-4-13-19-15-7-10-18(11-8-15)12-14-20-16-5-2-1-3-6-16/h1-3,5-6,15H,4,7-14,17H2. The van der Waals surface area contributed by atoms with Crippen LogP contribution in [0.4, 0.5) is 0 Å². The first-order valence-electron chi connectivity index (χ1n) is 7.60. The molecule has 1 aromatic carbocycles. The minimum absolute atomic E-state index is 0.458. The summed E-state index contributed by atoms with van der Waals surface area (Å²) in [6.45, 7) is 5.07.